The van der Waals surface area contributed by atoms with Crippen LogP contribution in [0.25, 0.3) is 0 Å². The number of nitrogens with zero attached hydrogens (tertiary/aromatic N) is 2. The number of aromatic amines is 1. The van der Waals surface area contributed by atoms with Crippen molar-refractivity contribution in [2.75, 3.05) is 0 Å². The van der Waals surface area contributed by atoms with E-state index in [4.69, 9.17) is 14.5 Å². The number of aliphatic hydroxyl groups excluding tert-OH is 2. The molecule has 12 heteroatoms. The van der Waals surface area contributed by atoms with Gasteiger partial charge in [0.1, 0.15) is 12.2 Å². The number of nitrogens with one attached hydrogen (secondary N) is 1. The van der Waals surface area contributed by atoms with Crippen LogP contribution in [0.2, 0.25) is 0 Å². The van der Waals surface area contributed by atoms with E-state index < -0.39 is 43.0 Å². The first kappa shape index (κ1) is 17.5. The fraction of sp³-hybridized carbons (Fsp3) is 0.364. The maximum absolute atomic E-state index is 11.7. The highest BCUT2D eigenvalue weighted by Crippen LogP contribution is 2.42. The highest BCUT2D eigenvalue weighted by Gasteiger charge is 2.53. The van der Waals surface area contributed by atoms with E-state index in [0.717, 1.165) is 22.9 Å². The summed E-state index contributed by atoms with van der Waals surface area (Å²) >= 11 is 0. The third-order valence-corrected chi connectivity index (χ3v) is 3.77. The zero-order valence-electron chi connectivity index (χ0n) is 11.5. The third kappa shape index (κ3) is 3.39. The Hall–Kier alpha value is -1.88. The fourth-order valence-corrected chi connectivity index (χ4v) is 2.52. The minimum Gasteiger partial charge on any atom is -0.385 e. The van der Waals surface area contributed by atoms with Crippen molar-refractivity contribution in [3.05, 3.63) is 45.0 Å². The Kier molecular flexibility index (Phi) is 4.53. The van der Waals surface area contributed by atoms with Gasteiger partial charge in [-0.05, 0) is 12.8 Å². The molecule has 0 spiro atoms. The Morgan fingerprint density at radius 2 is 2.09 bits per heavy atom. The van der Waals surface area contributed by atoms with Crippen molar-refractivity contribution < 1.29 is 29.3 Å². The Balaban J connectivity index is 2.45. The van der Waals surface area contributed by atoms with Crippen LogP contribution in [0, 0.1) is 0 Å². The van der Waals surface area contributed by atoms with Crippen LogP contribution >= 0.6 is 7.60 Å². The van der Waals surface area contributed by atoms with Crippen LogP contribution < -0.4 is 11.2 Å². The largest absolute Gasteiger partial charge is 0.385 e. The summed E-state index contributed by atoms with van der Waals surface area (Å²) in [5.41, 5.74) is -3.65. The lowest BCUT2D eigenvalue weighted by Gasteiger charge is -2.23. The zero-order chi connectivity index (χ0) is 17.4. The van der Waals surface area contributed by atoms with Gasteiger partial charge in [-0.15, -0.1) is 0 Å². The predicted octanol–water partition coefficient (Wildman–Crippen LogP) is -2.12. The lowest BCUT2D eigenvalue weighted by molar-refractivity contribution is -0.0714. The molecule has 0 unspecified atom stereocenters. The normalized spacial score (nSPS) is 31.6. The number of rotatable bonds is 4. The molecule has 4 atom stereocenters. The van der Waals surface area contributed by atoms with Crippen LogP contribution in [-0.2, 0) is 9.30 Å². The first-order chi connectivity index (χ1) is 10.6. The van der Waals surface area contributed by atoms with Crippen molar-refractivity contribution in [3.63, 3.8) is 0 Å². The van der Waals surface area contributed by atoms with Crippen molar-refractivity contribution in [2.24, 2.45) is 4.99 Å². The standard InChI is InChI=1S/C11H14N3O8P/c1-12-11(3-5-23(19,20)21)8(17)7(16)9(22-11)14-4-2-6(15)13-10(14)18/h2-5,7-9,16-17H,1H2,(H,13,15,18)(H2,19,20,21)/b5-3+/t7-,8+,9-,11-/m1/s1. The first-order valence-corrected chi connectivity index (χ1v) is 7.87. The van der Waals surface area contributed by atoms with Gasteiger partial charge >= 0.3 is 13.3 Å². The van der Waals surface area contributed by atoms with Gasteiger partial charge in [-0.2, -0.15) is 0 Å². The molecule has 2 heterocycles. The average molecular weight is 347 g/mol. The molecule has 0 radical (unpaired) electrons. The van der Waals surface area contributed by atoms with E-state index in [1.165, 1.54) is 0 Å². The lowest BCUT2D eigenvalue weighted by Crippen LogP contribution is -2.40. The van der Waals surface area contributed by atoms with Gasteiger partial charge in [-0.25, -0.2) is 4.79 Å². The second-order valence-electron chi connectivity index (χ2n) is 4.78. The molecule has 1 aliphatic rings. The molecular formula is C11H14N3O8P. The minimum absolute atomic E-state index is 0.440. The molecule has 126 valence electrons. The summed E-state index contributed by atoms with van der Waals surface area (Å²) in [7, 11) is -4.59. The van der Waals surface area contributed by atoms with Crippen molar-refractivity contribution in [2.45, 2.75) is 24.2 Å². The summed E-state index contributed by atoms with van der Waals surface area (Å²) in [6.07, 6.45) is -3.10. The molecule has 0 aliphatic carbocycles. The Bertz CT molecular complexity index is 795. The minimum atomic E-state index is -4.59. The van der Waals surface area contributed by atoms with Gasteiger partial charge in [0, 0.05) is 18.1 Å². The van der Waals surface area contributed by atoms with E-state index in [-0.39, 0.29) is 0 Å². The van der Waals surface area contributed by atoms with Gasteiger partial charge in [0.05, 0.1) is 0 Å². The SMILES string of the molecule is C=N[C@]1(/C=C/P(=O)(O)O)O[C@@H](n2ccc(=O)[nH]c2=O)[C@H](O)[C@@H]1O. The summed E-state index contributed by atoms with van der Waals surface area (Å²) in [6.45, 7) is 3.17. The van der Waals surface area contributed by atoms with E-state index in [1.807, 2.05) is 4.98 Å². The average Bonchev–Trinajstić information content (AvgIpc) is 2.70. The first-order valence-electron chi connectivity index (χ1n) is 6.18. The number of H-pyrrole nitrogens is 1. The highest BCUT2D eigenvalue weighted by molar-refractivity contribution is 7.55. The molecule has 1 fully saturated rings. The van der Waals surface area contributed by atoms with E-state index in [9.17, 15) is 24.4 Å². The molecule has 5 N–H and O–H groups in total. The van der Waals surface area contributed by atoms with Gasteiger partial charge in [-0.3, -0.25) is 23.9 Å². The summed E-state index contributed by atoms with van der Waals surface area (Å²) in [6, 6.07) is 0.997. The molecule has 1 aliphatic heterocycles. The lowest BCUT2D eigenvalue weighted by atomic mass is 10.1. The second kappa shape index (κ2) is 5.96. The van der Waals surface area contributed by atoms with E-state index in [1.54, 1.807) is 0 Å². The van der Waals surface area contributed by atoms with Crippen molar-refractivity contribution >= 4 is 14.3 Å². The molecular weight excluding hydrogens is 333 g/mol. The molecule has 0 aromatic carbocycles. The second-order valence-corrected chi connectivity index (χ2v) is 6.25. The highest BCUT2D eigenvalue weighted by atomic mass is 31.2. The van der Waals surface area contributed by atoms with Crippen molar-refractivity contribution in [1.82, 2.24) is 9.55 Å². The zero-order valence-corrected chi connectivity index (χ0v) is 12.4. The Labute approximate surface area is 128 Å². The van der Waals surface area contributed by atoms with Gasteiger partial charge in [0.15, 0.2) is 6.23 Å². The number of aliphatic hydroxyl groups is 2. The molecule has 0 bridgehead atoms. The predicted molar refractivity (Wildman–Crippen MR) is 76.9 cm³/mol. The fourth-order valence-electron chi connectivity index (χ4n) is 2.11. The van der Waals surface area contributed by atoms with Crippen LogP contribution in [0.4, 0.5) is 0 Å². The van der Waals surface area contributed by atoms with Gasteiger partial charge in [0.25, 0.3) is 5.56 Å². The topological polar surface area (TPSA) is 174 Å². The molecule has 1 saturated heterocycles. The summed E-state index contributed by atoms with van der Waals surface area (Å²) < 4.78 is 17.0. The maximum Gasteiger partial charge on any atom is 0.348 e. The molecule has 23 heavy (non-hydrogen) atoms. The van der Waals surface area contributed by atoms with Gasteiger partial charge in [-0.1, -0.05) is 0 Å². The van der Waals surface area contributed by atoms with Crippen LogP contribution in [0.1, 0.15) is 6.23 Å². The van der Waals surface area contributed by atoms with Crippen molar-refractivity contribution in [1.29, 1.82) is 0 Å². The smallest absolute Gasteiger partial charge is 0.348 e. The summed E-state index contributed by atoms with van der Waals surface area (Å²) in [4.78, 5) is 45.9. The number of aromatic nitrogens is 2. The monoisotopic (exact) mass is 347 g/mol. The van der Waals surface area contributed by atoms with Crippen LogP contribution in [0.15, 0.2) is 38.7 Å². The molecule has 1 aromatic rings. The number of ether oxygens (including phenoxy) is 1. The Morgan fingerprint density at radius 1 is 1.43 bits per heavy atom. The number of aliphatic imine (C=N–C) groups is 1. The maximum atomic E-state index is 11.7. The molecule has 1 aromatic heterocycles. The quantitative estimate of drug-likeness (QED) is 0.303. The van der Waals surface area contributed by atoms with E-state index in [0.29, 0.717) is 5.82 Å². The van der Waals surface area contributed by atoms with Crippen LogP contribution in [0.5, 0.6) is 0 Å². The van der Waals surface area contributed by atoms with Crippen LogP contribution in [0.3, 0.4) is 0 Å². The van der Waals surface area contributed by atoms with Gasteiger partial charge < -0.3 is 24.7 Å². The van der Waals surface area contributed by atoms with E-state index >= 15 is 0 Å². The third-order valence-electron chi connectivity index (χ3n) is 3.23. The number of hydrogen-bond donors (Lipinski definition) is 5. The molecule has 2 rings (SSSR count). The van der Waals surface area contributed by atoms with Gasteiger partial charge in [0.2, 0.25) is 5.72 Å². The van der Waals surface area contributed by atoms with Crippen LogP contribution in [-0.4, -0.2) is 54.2 Å². The molecule has 0 saturated carbocycles. The Morgan fingerprint density at radius 3 is 2.61 bits per heavy atom. The summed E-state index contributed by atoms with van der Waals surface area (Å²) in [5.74, 6) is 0.440. The van der Waals surface area contributed by atoms with Crippen molar-refractivity contribution in [3.8, 4) is 0 Å². The molecule has 0 amide bonds. The summed E-state index contributed by atoms with van der Waals surface area (Å²) in [5, 5.41) is 20.1. The van der Waals surface area contributed by atoms with E-state index in [2.05, 4.69) is 11.7 Å². The number of hydrogen-bond acceptors (Lipinski definition) is 7. The molecule has 11 nitrogen and oxygen atoms in total.